The van der Waals surface area contributed by atoms with E-state index in [1.54, 1.807) is 12.4 Å². The molecule has 0 bridgehead atoms. The van der Waals surface area contributed by atoms with Gasteiger partial charge in [-0.25, -0.2) is 0 Å². The second-order valence-electron chi connectivity index (χ2n) is 8.53. The van der Waals surface area contributed by atoms with E-state index in [2.05, 4.69) is 45.4 Å². The molecule has 32 heavy (non-hydrogen) atoms. The molecule has 4 rings (SSSR count). The summed E-state index contributed by atoms with van der Waals surface area (Å²) in [6.45, 7) is 6.38. The average Bonchev–Trinajstić information content (AvgIpc) is 3.19. The number of rotatable bonds is 4. The van der Waals surface area contributed by atoms with Gasteiger partial charge < -0.3 is 9.42 Å². The average molecular weight is 433 g/mol. The minimum atomic E-state index is 0.0106. The maximum Gasteiger partial charge on any atom is 0.259 e. The van der Waals surface area contributed by atoms with Crippen molar-refractivity contribution in [3.8, 4) is 11.3 Å². The predicted octanol–water partition coefficient (Wildman–Crippen LogP) is 4.95. The summed E-state index contributed by atoms with van der Waals surface area (Å²) >= 11 is 0. The smallest absolute Gasteiger partial charge is 0.259 e. The van der Waals surface area contributed by atoms with Crippen LogP contribution in [0.4, 0.5) is 0 Å². The highest BCUT2D eigenvalue weighted by Gasteiger charge is 2.26. The van der Waals surface area contributed by atoms with Crippen molar-refractivity contribution in [3.05, 3.63) is 71.7 Å². The second-order valence-corrected chi connectivity index (χ2v) is 8.53. The van der Waals surface area contributed by atoms with Gasteiger partial charge in [0.1, 0.15) is 17.0 Å². The molecule has 3 aromatic rings. The Bertz CT molecular complexity index is 988. The van der Waals surface area contributed by atoms with Crippen LogP contribution in [0.5, 0.6) is 0 Å². The summed E-state index contributed by atoms with van der Waals surface area (Å²) in [5, 5.41) is 4.18. The van der Waals surface area contributed by atoms with E-state index in [0.29, 0.717) is 17.0 Å². The largest absolute Gasteiger partial charge is 0.360 e. The van der Waals surface area contributed by atoms with E-state index in [9.17, 15) is 4.79 Å². The van der Waals surface area contributed by atoms with Crippen molar-refractivity contribution >= 4 is 5.91 Å². The molecule has 6 nitrogen and oxygen atoms in total. The van der Waals surface area contributed by atoms with Crippen molar-refractivity contribution in [1.29, 1.82) is 0 Å². The standard InChI is InChI=1S/C26H32N4O2/c1-21-24(25(28-32-21)23-13-9-14-27-19-23)26(31)30-17-8-3-2-7-15-29(16-10-18-30)20-22-11-5-4-6-12-22/h4-6,9,11-14,19H,2-3,7-8,10,15-18,20H2,1H3. The number of carbonyl (C=O) groups is 1. The first-order valence-corrected chi connectivity index (χ1v) is 11.6. The zero-order chi connectivity index (χ0) is 22.2. The molecule has 3 heterocycles. The molecule has 0 radical (unpaired) electrons. The van der Waals surface area contributed by atoms with Crippen LogP contribution in [0, 0.1) is 6.92 Å². The Labute approximate surface area is 190 Å². The summed E-state index contributed by atoms with van der Waals surface area (Å²) in [5.41, 5.74) is 3.30. The molecular weight excluding hydrogens is 400 g/mol. The third kappa shape index (κ3) is 5.62. The van der Waals surface area contributed by atoms with Crippen LogP contribution in [0.15, 0.2) is 59.4 Å². The molecule has 6 heteroatoms. The van der Waals surface area contributed by atoms with Gasteiger partial charge in [-0.15, -0.1) is 0 Å². The first-order chi connectivity index (χ1) is 15.7. The van der Waals surface area contributed by atoms with Gasteiger partial charge in [-0.3, -0.25) is 14.7 Å². The fraction of sp³-hybridized carbons (Fsp3) is 0.423. The zero-order valence-corrected chi connectivity index (χ0v) is 18.9. The van der Waals surface area contributed by atoms with Gasteiger partial charge in [0.15, 0.2) is 0 Å². The van der Waals surface area contributed by atoms with Crippen LogP contribution in [0.3, 0.4) is 0 Å². The summed E-state index contributed by atoms with van der Waals surface area (Å²) < 4.78 is 5.43. The Morgan fingerprint density at radius 2 is 1.69 bits per heavy atom. The molecule has 0 N–H and O–H groups in total. The second kappa shape index (κ2) is 11.0. The summed E-state index contributed by atoms with van der Waals surface area (Å²) in [7, 11) is 0. The number of amides is 1. The molecule has 1 aromatic carbocycles. The van der Waals surface area contributed by atoms with E-state index in [1.165, 1.54) is 18.4 Å². The molecule has 2 aromatic heterocycles. The maximum atomic E-state index is 13.6. The fourth-order valence-electron chi connectivity index (χ4n) is 4.39. The highest BCUT2D eigenvalue weighted by molar-refractivity contribution is 6.00. The van der Waals surface area contributed by atoms with Crippen LogP contribution >= 0.6 is 0 Å². The highest BCUT2D eigenvalue weighted by Crippen LogP contribution is 2.26. The van der Waals surface area contributed by atoms with Gasteiger partial charge in [0.25, 0.3) is 5.91 Å². The molecule has 1 amide bonds. The molecule has 1 aliphatic heterocycles. The number of pyridine rings is 1. The summed E-state index contributed by atoms with van der Waals surface area (Å²) in [5.74, 6) is 0.574. The first kappa shape index (κ1) is 22.2. The van der Waals surface area contributed by atoms with E-state index in [4.69, 9.17) is 4.52 Å². The van der Waals surface area contributed by atoms with Gasteiger partial charge in [0, 0.05) is 44.1 Å². The summed E-state index contributed by atoms with van der Waals surface area (Å²) in [6.07, 6.45) is 8.95. The minimum Gasteiger partial charge on any atom is -0.360 e. The van der Waals surface area contributed by atoms with Crippen LogP contribution in [0.2, 0.25) is 0 Å². The molecule has 1 saturated heterocycles. The Kier molecular flexibility index (Phi) is 7.67. The Morgan fingerprint density at radius 3 is 2.47 bits per heavy atom. The van der Waals surface area contributed by atoms with E-state index < -0.39 is 0 Å². The third-order valence-electron chi connectivity index (χ3n) is 6.10. The van der Waals surface area contributed by atoms with Gasteiger partial charge in [-0.05, 0) is 50.4 Å². The maximum absolute atomic E-state index is 13.6. The van der Waals surface area contributed by atoms with Crippen LogP contribution in [-0.2, 0) is 6.54 Å². The molecule has 0 aliphatic carbocycles. The lowest BCUT2D eigenvalue weighted by atomic mass is 10.1. The third-order valence-corrected chi connectivity index (χ3v) is 6.10. The summed E-state index contributed by atoms with van der Waals surface area (Å²) in [6, 6.07) is 14.4. The quantitative estimate of drug-likeness (QED) is 0.583. The predicted molar refractivity (Wildman–Crippen MR) is 125 cm³/mol. The van der Waals surface area contributed by atoms with Crippen molar-refractivity contribution in [3.63, 3.8) is 0 Å². The number of hydrogen-bond acceptors (Lipinski definition) is 5. The Morgan fingerprint density at radius 1 is 0.938 bits per heavy atom. The number of aryl methyl sites for hydroxylation is 1. The SMILES string of the molecule is Cc1onc(-c2cccnc2)c1C(=O)N1CCCCCCN(Cc2ccccc2)CCC1. The van der Waals surface area contributed by atoms with Gasteiger partial charge in [0.2, 0.25) is 0 Å². The molecule has 0 saturated carbocycles. The van der Waals surface area contributed by atoms with Crippen molar-refractivity contribution < 1.29 is 9.32 Å². The minimum absolute atomic E-state index is 0.0106. The van der Waals surface area contributed by atoms with Crippen molar-refractivity contribution in [1.82, 2.24) is 19.9 Å². The van der Waals surface area contributed by atoms with E-state index in [0.717, 1.165) is 57.5 Å². The van der Waals surface area contributed by atoms with Gasteiger partial charge in [0.05, 0.1) is 0 Å². The number of carbonyl (C=O) groups excluding carboxylic acids is 1. The van der Waals surface area contributed by atoms with Crippen molar-refractivity contribution in [2.75, 3.05) is 26.2 Å². The van der Waals surface area contributed by atoms with Crippen LogP contribution < -0.4 is 0 Å². The first-order valence-electron chi connectivity index (χ1n) is 11.6. The molecule has 0 atom stereocenters. The molecular formula is C26H32N4O2. The monoisotopic (exact) mass is 432 g/mol. The van der Waals surface area contributed by atoms with Crippen LogP contribution in [0.25, 0.3) is 11.3 Å². The van der Waals surface area contributed by atoms with Crippen LogP contribution in [-0.4, -0.2) is 52.0 Å². The molecule has 1 fully saturated rings. The van der Waals surface area contributed by atoms with Gasteiger partial charge >= 0.3 is 0 Å². The van der Waals surface area contributed by atoms with Gasteiger partial charge in [-0.2, -0.15) is 0 Å². The van der Waals surface area contributed by atoms with Crippen molar-refractivity contribution in [2.45, 2.75) is 45.6 Å². The number of benzene rings is 1. The molecule has 1 aliphatic rings. The number of nitrogens with zero attached hydrogens (tertiary/aromatic N) is 4. The Hall–Kier alpha value is -2.99. The molecule has 0 unspecified atom stereocenters. The highest BCUT2D eigenvalue weighted by atomic mass is 16.5. The molecule has 168 valence electrons. The van der Waals surface area contributed by atoms with E-state index >= 15 is 0 Å². The summed E-state index contributed by atoms with van der Waals surface area (Å²) in [4.78, 5) is 22.3. The number of hydrogen-bond donors (Lipinski definition) is 0. The van der Waals surface area contributed by atoms with E-state index in [-0.39, 0.29) is 5.91 Å². The lowest BCUT2D eigenvalue weighted by molar-refractivity contribution is 0.0745. The van der Waals surface area contributed by atoms with Crippen LogP contribution in [0.1, 0.15) is 53.8 Å². The van der Waals surface area contributed by atoms with Gasteiger partial charge in [-0.1, -0.05) is 48.3 Å². The number of aromatic nitrogens is 2. The lowest BCUT2D eigenvalue weighted by Crippen LogP contribution is -2.35. The fourth-order valence-corrected chi connectivity index (χ4v) is 4.39. The lowest BCUT2D eigenvalue weighted by Gasteiger charge is -2.25. The Balaban J connectivity index is 1.47. The van der Waals surface area contributed by atoms with E-state index in [1.807, 2.05) is 24.0 Å². The topological polar surface area (TPSA) is 62.5 Å². The van der Waals surface area contributed by atoms with Crippen molar-refractivity contribution in [2.24, 2.45) is 0 Å². The zero-order valence-electron chi connectivity index (χ0n) is 18.9. The molecule has 0 spiro atoms. The normalized spacial score (nSPS) is 16.5.